The van der Waals surface area contributed by atoms with Crippen LogP contribution in [-0.4, -0.2) is 49.6 Å². The molecular formula is C15H23N4O+. The summed E-state index contributed by atoms with van der Waals surface area (Å²) in [6.07, 6.45) is 4.39. The van der Waals surface area contributed by atoms with Crippen LogP contribution in [0.4, 0.5) is 5.82 Å². The van der Waals surface area contributed by atoms with Crippen molar-refractivity contribution in [3.63, 3.8) is 0 Å². The predicted octanol–water partition coefficient (Wildman–Crippen LogP) is -0.0883. The minimum absolute atomic E-state index is 0.186. The minimum Gasteiger partial charge on any atom is -0.352 e. The Hall–Kier alpha value is -1.62. The Balaban J connectivity index is 1.49. The van der Waals surface area contributed by atoms with Crippen LogP contribution in [0, 0.1) is 0 Å². The van der Waals surface area contributed by atoms with Crippen LogP contribution >= 0.6 is 0 Å². The van der Waals surface area contributed by atoms with Crippen molar-refractivity contribution in [1.82, 2.24) is 10.2 Å². The molecule has 1 N–H and O–H groups in total. The van der Waals surface area contributed by atoms with Gasteiger partial charge in [0.15, 0.2) is 0 Å². The van der Waals surface area contributed by atoms with Gasteiger partial charge >= 0.3 is 0 Å². The summed E-state index contributed by atoms with van der Waals surface area (Å²) in [5.74, 6) is 1.43. The molecule has 1 saturated carbocycles. The summed E-state index contributed by atoms with van der Waals surface area (Å²) in [6.45, 7) is 4.41. The molecule has 0 atom stereocenters. The minimum atomic E-state index is 0.186. The van der Waals surface area contributed by atoms with Crippen LogP contribution in [0.5, 0.6) is 0 Å². The van der Waals surface area contributed by atoms with Gasteiger partial charge < -0.3 is 5.32 Å². The van der Waals surface area contributed by atoms with E-state index in [-0.39, 0.29) is 5.91 Å². The van der Waals surface area contributed by atoms with E-state index in [9.17, 15) is 4.79 Å². The molecule has 1 saturated heterocycles. The lowest BCUT2D eigenvalue weighted by Crippen LogP contribution is -2.52. The molecule has 1 aromatic heterocycles. The van der Waals surface area contributed by atoms with Crippen LogP contribution < -0.4 is 14.8 Å². The number of rotatable bonds is 4. The van der Waals surface area contributed by atoms with Crippen LogP contribution in [0.15, 0.2) is 24.4 Å². The Morgan fingerprint density at radius 2 is 2.05 bits per heavy atom. The van der Waals surface area contributed by atoms with Crippen LogP contribution in [0.2, 0.25) is 0 Å². The molecule has 0 aromatic carbocycles. The van der Waals surface area contributed by atoms with Gasteiger partial charge in [0, 0.05) is 25.2 Å². The number of aryl methyl sites for hydroxylation is 1. The van der Waals surface area contributed by atoms with E-state index in [0.29, 0.717) is 12.6 Å². The smallest absolute Gasteiger partial charge is 0.276 e. The molecule has 1 aliphatic heterocycles. The maximum Gasteiger partial charge on any atom is 0.276 e. The van der Waals surface area contributed by atoms with Crippen LogP contribution in [0.1, 0.15) is 12.8 Å². The topological polar surface area (TPSA) is 39.5 Å². The average Bonchev–Trinajstić information content (AvgIpc) is 3.24. The number of aromatic nitrogens is 1. The van der Waals surface area contributed by atoms with E-state index in [1.807, 2.05) is 6.07 Å². The van der Waals surface area contributed by atoms with Gasteiger partial charge in [-0.25, -0.2) is 4.57 Å². The van der Waals surface area contributed by atoms with Crippen molar-refractivity contribution in [3.8, 4) is 0 Å². The van der Waals surface area contributed by atoms with Crippen LogP contribution in [0.25, 0.3) is 0 Å². The third kappa shape index (κ3) is 3.28. The van der Waals surface area contributed by atoms with E-state index < -0.39 is 0 Å². The number of pyridine rings is 1. The van der Waals surface area contributed by atoms with Crippen LogP contribution in [0.3, 0.4) is 0 Å². The highest BCUT2D eigenvalue weighted by Crippen LogP contribution is 2.18. The monoisotopic (exact) mass is 275 g/mol. The number of hydrogen-bond donors (Lipinski definition) is 1. The molecular weight excluding hydrogens is 252 g/mol. The van der Waals surface area contributed by atoms with Gasteiger partial charge in [-0.2, -0.15) is 0 Å². The number of carbonyl (C=O) groups is 1. The van der Waals surface area contributed by atoms with Crippen molar-refractivity contribution in [2.45, 2.75) is 18.9 Å². The average molecular weight is 275 g/mol. The molecule has 2 fully saturated rings. The van der Waals surface area contributed by atoms with Gasteiger partial charge in [-0.15, -0.1) is 0 Å². The Labute approximate surface area is 120 Å². The number of piperazine rings is 1. The highest BCUT2D eigenvalue weighted by atomic mass is 16.2. The van der Waals surface area contributed by atoms with E-state index in [1.165, 1.54) is 5.82 Å². The third-order valence-corrected chi connectivity index (χ3v) is 4.03. The van der Waals surface area contributed by atoms with Gasteiger partial charge in [0.25, 0.3) is 5.82 Å². The molecule has 1 aliphatic carbocycles. The summed E-state index contributed by atoms with van der Waals surface area (Å²) in [5.41, 5.74) is 0. The summed E-state index contributed by atoms with van der Waals surface area (Å²) in [6, 6.07) is 6.73. The molecule has 1 amide bonds. The number of amides is 1. The van der Waals surface area contributed by atoms with E-state index in [1.54, 1.807) is 0 Å². The van der Waals surface area contributed by atoms with Gasteiger partial charge in [-0.3, -0.25) is 14.6 Å². The number of nitrogens with zero attached hydrogens (tertiary/aromatic N) is 3. The van der Waals surface area contributed by atoms with Gasteiger partial charge in [0.2, 0.25) is 5.91 Å². The number of hydrogen-bond acceptors (Lipinski definition) is 3. The molecule has 3 rings (SSSR count). The van der Waals surface area contributed by atoms with Gasteiger partial charge in [0.05, 0.1) is 32.9 Å². The fourth-order valence-electron chi connectivity index (χ4n) is 2.68. The highest BCUT2D eigenvalue weighted by Gasteiger charge is 2.27. The van der Waals surface area contributed by atoms with Gasteiger partial charge in [-0.1, -0.05) is 6.07 Å². The second kappa shape index (κ2) is 5.79. The number of carbonyl (C=O) groups excluding carboxylic acids is 1. The normalized spacial score (nSPS) is 19.9. The lowest BCUT2D eigenvalue weighted by molar-refractivity contribution is -0.659. The summed E-state index contributed by atoms with van der Waals surface area (Å²) < 4.78 is 2.15. The highest BCUT2D eigenvalue weighted by molar-refractivity contribution is 5.78. The second-order valence-corrected chi connectivity index (χ2v) is 5.77. The first-order valence-electron chi connectivity index (χ1n) is 7.44. The molecule has 2 aliphatic rings. The van der Waals surface area contributed by atoms with E-state index in [4.69, 9.17) is 0 Å². The second-order valence-electron chi connectivity index (χ2n) is 5.77. The number of nitrogens with one attached hydrogen (secondary N) is 1. The van der Waals surface area contributed by atoms with Crippen molar-refractivity contribution in [2.75, 3.05) is 37.6 Å². The molecule has 0 radical (unpaired) electrons. The van der Waals surface area contributed by atoms with E-state index >= 15 is 0 Å². The summed E-state index contributed by atoms with van der Waals surface area (Å²) in [4.78, 5) is 16.4. The molecule has 108 valence electrons. The van der Waals surface area contributed by atoms with Crippen molar-refractivity contribution in [3.05, 3.63) is 24.4 Å². The van der Waals surface area contributed by atoms with E-state index in [0.717, 1.165) is 39.0 Å². The lowest BCUT2D eigenvalue weighted by atomic mass is 10.3. The van der Waals surface area contributed by atoms with Gasteiger partial charge in [0.1, 0.15) is 0 Å². The zero-order chi connectivity index (χ0) is 13.9. The van der Waals surface area contributed by atoms with Crippen molar-refractivity contribution in [2.24, 2.45) is 7.05 Å². The Morgan fingerprint density at radius 1 is 1.30 bits per heavy atom. The lowest BCUT2D eigenvalue weighted by Gasteiger charge is -2.31. The molecule has 0 unspecified atom stereocenters. The zero-order valence-corrected chi connectivity index (χ0v) is 12.1. The quantitative estimate of drug-likeness (QED) is 0.781. The van der Waals surface area contributed by atoms with E-state index in [2.05, 4.69) is 45.1 Å². The fourth-order valence-corrected chi connectivity index (χ4v) is 2.68. The third-order valence-electron chi connectivity index (χ3n) is 4.03. The number of anilines is 1. The van der Waals surface area contributed by atoms with Crippen molar-refractivity contribution < 1.29 is 9.36 Å². The first-order chi connectivity index (χ1) is 9.72. The maximum absolute atomic E-state index is 11.8. The maximum atomic E-state index is 11.8. The molecule has 5 nitrogen and oxygen atoms in total. The van der Waals surface area contributed by atoms with Crippen LogP contribution in [-0.2, 0) is 11.8 Å². The van der Waals surface area contributed by atoms with Crippen molar-refractivity contribution in [1.29, 1.82) is 0 Å². The summed E-state index contributed by atoms with van der Waals surface area (Å²) in [5, 5.41) is 3.05. The zero-order valence-electron chi connectivity index (χ0n) is 12.1. The molecule has 2 heterocycles. The fraction of sp³-hybridized carbons (Fsp3) is 0.600. The summed E-state index contributed by atoms with van der Waals surface area (Å²) >= 11 is 0. The van der Waals surface area contributed by atoms with Crippen molar-refractivity contribution >= 4 is 11.7 Å². The molecule has 0 bridgehead atoms. The Bertz CT molecular complexity index is 479. The molecule has 1 aromatic rings. The Morgan fingerprint density at radius 3 is 2.70 bits per heavy atom. The molecule has 5 heteroatoms. The Kier molecular flexibility index (Phi) is 3.87. The van der Waals surface area contributed by atoms with Gasteiger partial charge in [-0.05, 0) is 18.9 Å². The first-order valence-corrected chi connectivity index (χ1v) is 7.44. The molecule has 20 heavy (non-hydrogen) atoms. The largest absolute Gasteiger partial charge is 0.352 e. The summed E-state index contributed by atoms with van der Waals surface area (Å²) in [7, 11) is 2.07. The first kappa shape index (κ1) is 13.4. The molecule has 0 spiro atoms. The standard InChI is InChI=1S/C15H22N4O/c1-17-7-3-2-4-15(17)19-10-8-18(9-11-19)12-14(20)16-13-5-6-13/h2-4,7,13H,5-6,8-12H2,1H3/p+1. The SMILES string of the molecule is C[n+]1ccccc1N1CCN(CC(=O)NC2CC2)CC1. The predicted molar refractivity (Wildman–Crippen MR) is 77.4 cm³/mol.